The molecule has 0 fully saturated rings. The molecule has 0 bridgehead atoms. The van der Waals surface area contributed by atoms with Gasteiger partial charge in [-0.15, -0.1) is 5.10 Å². The van der Waals surface area contributed by atoms with Crippen molar-refractivity contribution in [2.45, 2.75) is 19.4 Å². The van der Waals surface area contributed by atoms with Crippen molar-refractivity contribution in [1.29, 1.82) is 0 Å². The summed E-state index contributed by atoms with van der Waals surface area (Å²) in [6, 6.07) is 21.3. The summed E-state index contributed by atoms with van der Waals surface area (Å²) in [5, 5.41) is 17.9. The van der Waals surface area contributed by atoms with Crippen LogP contribution in [0, 0.1) is 0 Å². The molecule has 2 N–H and O–H groups in total. The second-order valence-corrected chi connectivity index (χ2v) is 7.11. The first-order valence-electron chi connectivity index (χ1n) is 9.04. The van der Waals surface area contributed by atoms with Crippen molar-refractivity contribution in [3.05, 3.63) is 72.3 Å². The largest absolute Gasteiger partial charge is 0.497 e. The van der Waals surface area contributed by atoms with E-state index in [0.29, 0.717) is 5.95 Å². The number of pyridine rings is 1. The quantitative estimate of drug-likeness (QED) is 0.543. The fourth-order valence-electron chi connectivity index (χ4n) is 3.03. The summed E-state index contributed by atoms with van der Waals surface area (Å²) < 4.78 is 7.05. The van der Waals surface area contributed by atoms with Gasteiger partial charge in [0.2, 0.25) is 5.95 Å². The lowest BCUT2D eigenvalue weighted by atomic mass is 9.98. The molecule has 2 heterocycles. The van der Waals surface area contributed by atoms with E-state index in [2.05, 4.69) is 15.4 Å². The number of benzene rings is 2. The lowest BCUT2D eigenvalue weighted by molar-refractivity contribution is 0.0786. The van der Waals surface area contributed by atoms with Gasteiger partial charge in [-0.25, -0.2) is 4.52 Å². The summed E-state index contributed by atoms with van der Waals surface area (Å²) in [7, 11) is 1.65. The number of rotatable bonds is 5. The van der Waals surface area contributed by atoms with Gasteiger partial charge in [0.15, 0.2) is 5.65 Å². The molecular formula is C22H22N4O2. The second-order valence-electron chi connectivity index (χ2n) is 7.11. The molecule has 0 unspecified atom stereocenters. The van der Waals surface area contributed by atoms with Gasteiger partial charge in [0.25, 0.3) is 0 Å². The summed E-state index contributed by atoms with van der Waals surface area (Å²) in [4.78, 5) is 4.57. The minimum atomic E-state index is -0.868. The number of hydrogen-bond donors (Lipinski definition) is 2. The molecule has 0 aliphatic carbocycles. The number of ether oxygens (including phenoxy) is 1. The molecule has 28 heavy (non-hydrogen) atoms. The summed E-state index contributed by atoms with van der Waals surface area (Å²) in [5.74, 6) is 1.32. The number of nitrogens with zero attached hydrogens (tertiary/aromatic N) is 3. The molecule has 2 aromatic carbocycles. The Morgan fingerprint density at radius 3 is 2.32 bits per heavy atom. The number of methoxy groups -OCH3 is 1. The molecule has 142 valence electrons. The first-order chi connectivity index (χ1) is 13.4. The van der Waals surface area contributed by atoms with E-state index in [0.717, 1.165) is 33.9 Å². The standard InChI is InChI=1S/C22H22N4O2/c1-22(2,27)16-9-11-17(12-10-16)23-21-24-20-6-4-5-19(26(20)25-21)15-7-13-18(28-3)14-8-15/h4-14,27H,1-3H3,(H,23,25). The summed E-state index contributed by atoms with van der Waals surface area (Å²) in [6.07, 6.45) is 0. The van der Waals surface area contributed by atoms with Gasteiger partial charge < -0.3 is 15.2 Å². The highest BCUT2D eigenvalue weighted by atomic mass is 16.5. The van der Waals surface area contributed by atoms with Gasteiger partial charge in [0.1, 0.15) is 5.75 Å². The third-order valence-electron chi connectivity index (χ3n) is 4.59. The zero-order valence-electron chi connectivity index (χ0n) is 16.0. The predicted molar refractivity (Wildman–Crippen MR) is 110 cm³/mol. The molecule has 4 rings (SSSR count). The summed E-state index contributed by atoms with van der Waals surface area (Å²) in [6.45, 7) is 3.53. The van der Waals surface area contributed by atoms with E-state index in [1.807, 2.05) is 71.2 Å². The van der Waals surface area contributed by atoms with Gasteiger partial charge in [-0.05, 0) is 67.9 Å². The van der Waals surface area contributed by atoms with Crippen molar-refractivity contribution in [1.82, 2.24) is 14.6 Å². The molecule has 0 atom stereocenters. The molecular weight excluding hydrogens is 352 g/mol. The van der Waals surface area contributed by atoms with E-state index < -0.39 is 5.60 Å². The maximum atomic E-state index is 10.1. The molecule has 0 spiro atoms. The first-order valence-corrected chi connectivity index (χ1v) is 9.04. The van der Waals surface area contributed by atoms with Gasteiger partial charge in [0.05, 0.1) is 18.4 Å². The normalized spacial score (nSPS) is 11.6. The van der Waals surface area contributed by atoms with E-state index in [4.69, 9.17) is 4.74 Å². The Kier molecular flexibility index (Phi) is 4.49. The van der Waals surface area contributed by atoms with E-state index in [-0.39, 0.29) is 0 Å². The Morgan fingerprint density at radius 1 is 0.964 bits per heavy atom. The van der Waals surface area contributed by atoms with Crippen molar-refractivity contribution in [3.8, 4) is 17.0 Å². The monoisotopic (exact) mass is 374 g/mol. The summed E-state index contributed by atoms with van der Waals surface area (Å²) >= 11 is 0. The highest BCUT2D eigenvalue weighted by Crippen LogP contribution is 2.25. The van der Waals surface area contributed by atoms with E-state index >= 15 is 0 Å². The minimum absolute atomic E-state index is 0.511. The highest BCUT2D eigenvalue weighted by molar-refractivity contribution is 5.65. The molecule has 0 saturated carbocycles. The third kappa shape index (κ3) is 3.54. The fraction of sp³-hybridized carbons (Fsp3) is 0.182. The minimum Gasteiger partial charge on any atom is -0.497 e. The van der Waals surface area contributed by atoms with E-state index in [9.17, 15) is 5.11 Å². The molecule has 6 nitrogen and oxygen atoms in total. The van der Waals surface area contributed by atoms with Gasteiger partial charge in [-0.2, -0.15) is 4.98 Å². The predicted octanol–water partition coefficient (Wildman–Crippen LogP) is 4.38. The van der Waals surface area contributed by atoms with Crippen molar-refractivity contribution in [2.24, 2.45) is 0 Å². The van der Waals surface area contributed by atoms with Crippen LogP contribution >= 0.6 is 0 Å². The zero-order valence-corrected chi connectivity index (χ0v) is 16.0. The Morgan fingerprint density at radius 2 is 1.68 bits per heavy atom. The van der Waals surface area contributed by atoms with Crippen LogP contribution in [0.5, 0.6) is 5.75 Å². The maximum absolute atomic E-state index is 10.1. The van der Waals surface area contributed by atoms with Crippen LogP contribution in [0.4, 0.5) is 11.6 Å². The zero-order chi connectivity index (χ0) is 19.7. The molecule has 4 aromatic rings. The van der Waals surface area contributed by atoms with Gasteiger partial charge >= 0.3 is 0 Å². The van der Waals surface area contributed by atoms with Crippen molar-refractivity contribution in [3.63, 3.8) is 0 Å². The number of anilines is 2. The molecule has 0 amide bonds. The van der Waals surface area contributed by atoms with Crippen LogP contribution in [0.25, 0.3) is 16.9 Å². The first kappa shape index (κ1) is 18.0. The molecule has 2 aromatic heterocycles. The molecule has 0 radical (unpaired) electrons. The van der Waals surface area contributed by atoms with E-state index in [1.54, 1.807) is 21.0 Å². The molecule has 0 aliphatic heterocycles. The molecule has 0 aliphatic rings. The van der Waals surface area contributed by atoms with Crippen molar-refractivity contribution < 1.29 is 9.84 Å². The number of aliphatic hydroxyl groups is 1. The number of hydrogen-bond acceptors (Lipinski definition) is 5. The topological polar surface area (TPSA) is 71.7 Å². The maximum Gasteiger partial charge on any atom is 0.247 e. The van der Waals surface area contributed by atoms with Crippen LogP contribution in [0.1, 0.15) is 19.4 Å². The van der Waals surface area contributed by atoms with Gasteiger partial charge in [0, 0.05) is 11.3 Å². The SMILES string of the molecule is COc1ccc(-c2cccc3nc(Nc4ccc(C(C)(C)O)cc4)nn23)cc1. The lowest BCUT2D eigenvalue weighted by Crippen LogP contribution is -2.15. The van der Waals surface area contributed by atoms with Crippen LogP contribution in [-0.4, -0.2) is 26.8 Å². The van der Waals surface area contributed by atoms with E-state index in [1.165, 1.54) is 0 Å². The lowest BCUT2D eigenvalue weighted by Gasteiger charge is -2.17. The number of fused-ring (bicyclic) bond motifs is 1. The van der Waals surface area contributed by atoms with Crippen molar-refractivity contribution >= 4 is 17.3 Å². The Labute approximate surface area is 163 Å². The Hall–Kier alpha value is -3.38. The Bertz CT molecular complexity index is 1090. The number of nitrogens with one attached hydrogen (secondary N) is 1. The second kappa shape index (κ2) is 6.98. The van der Waals surface area contributed by atoms with Crippen molar-refractivity contribution in [2.75, 3.05) is 12.4 Å². The number of aromatic nitrogens is 3. The van der Waals surface area contributed by atoms with Crippen LogP contribution in [-0.2, 0) is 5.60 Å². The van der Waals surface area contributed by atoms with Gasteiger partial charge in [-0.1, -0.05) is 18.2 Å². The van der Waals surface area contributed by atoms with Crippen LogP contribution in [0.3, 0.4) is 0 Å². The highest BCUT2D eigenvalue weighted by Gasteiger charge is 2.15. The Balaban J connectivity index is 1.64. The summed E-state index contributed by atoms with van der Waals surface area (Å²) in [5.41, 5.74) is 3.56. The van der Waals surface area contributed by atoms with Crippen LogP contribution in [0.15, 0.2) is 66.7 Å². The molecule has 6 heteroatoms. The van der Waals surface area contributed by atoms with Crippen LogP contribution < -0.4 is 10.1 Å². The van der Waals surface area contributed by atoms with Gasteiger partial charge in [-0.3, -0.25) is 0 Å². The fourth-order valence-corrected chi connectivity index (χ4v) is 3.03. The third-order valence-corrected chi connectivity index (χ3v) is 4.59. The van der Waals surface area contributed by atoms with Crippen LogP contribution in [0.2, 0.25) is 0 Å². The average Bonchev–Trinajstić information content (AvgIpc) is 3.10. The average molecular weight is 374 g/mol. The smallest absolute Gasteiger partial charge is 0.247 e. The molecule has 0 saturated heterocycles.